The van der Waals surface area contributed by atoms with Crippen LogP contribution in [0.25, 0.3) is 0 Å². The fourth-order valence-corrected chi connectivity index (χ4v) is 2.28. The van der Waals surface area contributed by atoms with Crippen molar-refractivity contribution in [1.82, 2.24) is 9.88 Å². The van der Waals surface area contributed by atoms with E-state index in [1.807, 2.05) is 24.4 Å². The summed E-state index contributed by atoms with van der Waals surface area (Å²) in [7, 11) is 0. The summed E-state index contributed by atoms with van der Waals surface area (Å²) in [6.45, 7) is 0.692. The summed E-state index contributed by atoms with van der Waals surface area (Å²) >= 11 is 5.76. The fraction of sp³-hybridized carbons (Fsp3) is 0.143. The van der Waals surface area contributed by atoms with E-state index in [0.29, 0.717) is 18.1 Å². The van der Waals surface area contributed by atoms with Crippen LogP contribution in [0.15, 0.2) is 54.0 Å². The van der Waals surface area contributed by atoms with E-state index < -0.39 is 0 Å². The predicted octanol–water partition coefficient (Wildman–Crippen LogP) is 2.85. The number of pyridine rings is 1. The highest BCUT2D eigenvalue weighted by molar-refractivity contribution is 6.29. The normalized spacial score (nSPS) is 17.6. The van der Waals surface area contributed by atoms with E-state index in [-0.39, 0.29) is 5.78 Å². The Bertz CT molecular complexity index is 584. The molecule has 0 bridgehead atoms. The summed E-state index contributed by atoms with van der Waals surface area (Å²) in [6.07, 6.45) is 9.91. The number of halogens is 1. The molecular formula is C14H11ClN2O. The van der Waals surface area contributed by atoms with Gasteiger partial charge in [-0.2, -0.15) is 0 Å². The minimum atomic E-state index is 0.166. The molecule has 1 aromatic rings. The van der Waals surface area contributed by atoms with Gasteiger partial charge in [0, 0.05) is 37.1 Å². The van der Waals surface area contributed by atoms with Gasteiger partial charge in [-0.25, -0.2) is 4.98 Å². The molecule has 0 amide bonds. The first-order valence-electron chi connectivity index (χ1n) is 5.72. The van der Waals surface area contributed by atoms with Crippen LogP contribution in [0.2, 0.25) is 5.15 Å². The maximum atomic E-state index is 11.5. The Morgan fingerprint density at radius 1 is 1.39 bits per heavy atom. The Kier molecular flexibility index (Phi) is 2.76. The van der Waals surface area contributed by atoms with Gasteiger partial charge in [-0.1, -0.05) is 23.7 Å². The second-order valence-corrected chi connectivity index (χ2v) is 4.71. The smallest absolute Gasteiger partial charge is 0.162 e. The van der Waals surface area contributed by atoms with Crippen molar-refractivity contribution in [2.75, 3.05) is 0 Å². The van der Waals surface area contributed by atoms with Crippen LogP contribution in [0.3, 0.4) is 0 Å². The van der Waals surface area contributed by atoms with Gasteiger partial charge < -0.3 is 4.90 Å². The van der Waals surface area contributed by atoms with Crippen LogP contribution in [-0.2, 0) is 11.3 Å². The van der Waals surface area contributed by atoms with Gasteiger partial charge in [0.05, 0.1) is 0 Å². The van der Waals surface area contributed by atoms with Gasteiger partial charge in [0.1, 0.15) is 5.15 Å². The molecule has 3 nitrogen and oxygen atoms in total. The molecule has 0 spiro atoms. The van der Waals surface area contributed by atoms with Crippen molar-refractivity contribution >= 4 is 17.4 Å². The van der Waals surface area contributed by atoms with Crippen LogP contribution in [0, 0.1) is 0 Å². The molecule has 1 aliphatic heterocycles. The van der Waals surface area contributed by atoms with Gasteiger partial charge in [-0.15, -0.1) is 0 Å². The van der Waals surface area contributed by atoms with Crippen LogP contribution >= 0.6 is 11.6 Å². The number of aromatic nitrogens is 1. The number of carbonyl (C=O) groups excluding carboxylic acids is 1. The van der Waals surface area contributed by atoms with Crippen LogP contribution in [0.1, 0.15) is 12.0 Å². The van der Waals surface area contributed by atoms with E-state index in [1.165, 1.54) is 0 Å². The molecule has 0 N–H and O–H groups in total. The summed E-state index contributed by atoms with van der Waals surface area (Å²) < 4.78 is 0. The molecular weight excluding hydrogens is 248 g/mol. The highest BCUT2D eigenvalue weighted by atomic mass is 35.5. The molecule has 1 aromatic heterocycles. The van der Waals surface area contributed by atoms with Crippen LogP contribution in [-0.4, -0.2) is 15.7 Å². The fourth-order valence-electron chi connectivity index (χ4n) is 2.16. The van der Waals surface area contributed by atoms with Crippen molar-refractivity contribution in [3.63, 3.8) is 0 Å². The first kappa shape index (κ1) is 11.2. The third kappa shape index (κ3) is 2.09. The number of hydrogen-bond donors (Lipinski definition) is 0. The number of rotatable bonds is 2. The predicted molar refractivity (Wildman–Crippen MR) is 69.7 cm³/mol. The maximum Gasteiger partial charge on any atom is 0.162 e. The van der Waals surface area contributed by atoms with Crippen molar-refractivity contribution in [2.24, 2.45) is 0 Å². The Labute approximate surface area is 110 Å². The molecule has 18 heavy (non-hydrogen) atoms. The average Bonchev–Trinajstić information content (AvgIpc) is 2.73. The summed E-state index contributed by atoms with van der Waals surface area (Å²) in [4.78, 5) is 17.6. The van der Waals surface area contributed by atoms with Crippen molar-refractivity contribution in [3.05, 3.63) is 64.7 Å². The first-order chi connectivity index (χ1) is 8.72. The molecule has 0 aromatic carbocycles. The monoisotopic (exact) mass is 258 g/mol. The number of carbonyl (C=O) groups is 1. The molecule has 0 saturated carbocycles. The summed E-state index contributed by atoms with van der Waals surface area (Å²) in [5.41, 5.74) is 3.15. The number of allylic oxidation sites excluding steroid dienone is 4. The lowest BCUT2D eigenvalue weighted by Crippen LogP contribution is -2.18. The van der Waals surface area contributed by atoms with E-state index in [2.05, 4.69) is 9.88 Å². The molecule has 90 valence electrons. The third-order valence-electron chi connectivity index (χ3n) is 3.01. The zero-order chi connectivity index (χ0) is 12.5. The molecule has 2 heterocycles. The molecule has 4 heteroatoms. The second-order valence-electron chi connectivity index (χ2n) is 4.32. The van der Waals surface area contributed by atoms with Gasteiger partial charge in [-0.3, -0.25) is 4.79 Å². The lowest BCUT2D eigenvalue weighted by Gasteiger charge is -2.25. The molecule has 1 aliphatic carbocycles. The van der Waals surface area contributed by atoms with E-state index in [0.717, 1.165) is 16.8 Å². The molecule has 3 rings (SSSR count). The van der Waals surface area contributed by atoms with Gasteiger partial charge in [0.25, 0.3) is 0 Å². The number of hydrogen-bond acceptors (Lipinski definition) is 3. The van der Waals surface area contributed by atoms with Crippen molar-refractivity contribution in [1.29, 1.82) is 0 Å². The topological polar surface area (TPSA) is 33.2 Å². The SMILES string of the molecule is O=C1C=C2C(=CC=CN2Cc2ccc(Cl)nc2)C1. The number of nitrogens with zero attached hydrogens (tertiary/aromatic N) is 2. The van der Waals surface area contributed by atoms with E-state index >= 15 is 0 Å². The molecule has 0 saturated heterocycles. The minimum Gasteiger partial charge on any atom is -0.343 e. The highest BCUT2D eigenvalue weighted by Crippen LogP contribution is 2.30. The average molecular weight is 259 g/mol. The number of fused-ring (bicyclic) bond motifs is 1. The van der Waals surface area contributed by atoms with Gasteiger partial charge in [0.2, 0.25) is 0 Å². The minimum absolute atomic E-state index is 0.166. The Hall–Kier alpha value is -1.87. The molecule has 0 fully saturated rings. The van der Waals surface area contributed by atoms with Gasteiger partial charge in [-0.05, 0) is 23.3 Å². The Morgan fingerprint density at radius 2 is 2.28 bits per heavy atom. The maximum absolute atomic E-state index is 11.5. The van der Waals surface area contributed by atoms with Crippen LogP contribution in [0.4, 0.5) is 0 Å². The highest BCUT2D eigenvalue weighted by Gasteiger charge is 2.23. The summed E-state index contributed by atoms with van der Waals surface area (Å²) in [5, 5.41) is 0.490. The molecule has 0 atom stereocenters. The van der Waals surface area contributed by atoms with Gasteiger partial charge >= 0.3 is 0 Å². The quantitative estimate of drug-likeness (QED) is 0.765. The lowest BCUT2D eigenvalue weighted by atomic mass is 10.1. The largest absolute Gasteiger partial charge is 0.343 e. The standard InChI is InChI=1S/C14H11ClN2O/c15-14-4-3-10(8-16-14)9-17-5-1-2-11-6-12(18)7-13(11)17/h1-5,7-8H,6,9H2. The Balaban J connectivity index is 1.83. The van der Waals surface area contributed by atoms with Gasteiger partial charge in [0.15, 0.2) is 5.78 Å². The van der Waals surface area contributed by atoms with E-state index in [4.69, 9.17) is 11.6 Å². The van der Waals surface area contributed by atoms with Crippen LogP contribution in [0.5, 0.6) is 0 Å². The zero-order valence-corrected chi connectivity index (χ0v) is 10.4. The lowest BCUT2D eigenvalue weighted by molar-refractivity contribution is -0.113. The number of ketones is 1. The Morgan fingerprint density at radius 3 is 3.06 bits per heavy atom. The summed E-state index contributed by atoms with van der Waals surface area (Å²) in [5.74, 6) is 0.166. The molecule has 0 radical (unpaired) electrons. The second kappa shape index (κ2) is 4.42. The van der Waals surface area contributed by atoms with Crippen molar-refractivity contribution < 1.29 is 4.79 Å². The van der Waals surface area contributed by atoms with E-state index in [1.54, 1.807) is 18.3 Å². The zero-order valence-electron chi connectivity index (χ0n) is 9.64. The molecule has 2 aliphatic rings. The van der Waals surface area contributed by atoms with Crippen LogP contribution < -0.4 is 0 Å². The van der Waals surface area contributed by atoms with Crippen molar-refractivity contribution in [2.45, 2.75) is 13.0 Å². The van der Waals surface area contributed by atoms with E-state index in [9.17, 15) is 4.79 Å². The van der Waals surface area contributed by atoms with Crippen molar-refractivity contribution in [3.8, 4) is 0 Å². The molecule has 0 unspecified atom stereocenters. The first-order valence-corrected chi connectivity index (χ1v) is 6.09. The summed E-state index contributed by atoms with van der Waals surface area (Å²) in [6, 6.07) is 3.72. The third-order valence-corrected chi connectivity index (χ3v) is 3.23.